The first-order valence-electron chi connectivity index (χ1n) is 5.92. The number of likely N-dealkylation sites (tertiary alicyclic amines) is 1. The largest absolute Gasteiger partial charge is 0.437 e. The minimum absolute atomic E-state index is 0.159. The van der Waals surface area contributed by atoms with Gasteiger partial charge in [0.2, 0.25) is 0 Å². The zero-order chi connectivity index (χ0) is 13.0. The van der Waals surface area contributed by atoms with E-state index >= 15 is 0 Å². The molecule has 6 nitrogen and oxygen atoms in total. The highest BCUT2D eigenvalue weighted by Crippen LogP contribution is 2.20. The number of hydrogen-bond acceptors (Lipinski definition) is 4. The Morgan fingerprint density at radius 2 is 1.82 bits per heavy atom. The third kappa shape index (κ3) is 3.89. The maximum atomic E-state index is 11.9. The van der Waals surface area contributed by atoms with Gasteiger partial charge >= 0.3 is 6.09 Å². The molecule has 1 saturated heterocycles. The van der Waals surface area contributed by atoms with Gasteiger partial charge in [-0.25, -0.2) is 4.79 Å². The monoisotopic (exact) mass is 243 g/mol. The Bertz CT molecular complexity index is 286. The van der Waals surface area contributed by atoms with E-state index in [1.807, 2.05) is 6.92 Å². The maximum absolute atomic E-state index is 11.9. The highest BCUT2D eigenvalue weighted by molar-refractivity contribution is 5.82. The Morgan fingerprint density at radius 1 is 1.29 bits per heavy atom. The van der Waals surface area contributed by atoms with E-state index in [-0.39, 0.29) is 11.9 Å². The molecule has 17 heavy (non-hydrogen) atoms. The number of nitrogens with zero attached hydrogens (tertiary/aromatic N) is 1. The third-order valence-electron chi connectivity index (χ3n) is 3.24. The quantitative estimate of drug-likeness (QED) is 0.732. The Balaban J connectivity index is 2.43. The molecule has 0 aliphatic carbocycles. The van der Waals surface area contributed by atoms with Gasteiger partial charge in [0.05, 0.1) is 0 Å². The number of primary amides is 1. The Morgan fingerprint density at radius 3 is 2.24 bits per heavy atom. The van der Waals surface area contributed by atoms with E-state index in [4.69, 9.17) is 11.5 Å². The third-order valence-corrected chi connectivity index (χ3v) is 3.24. The summed E-state index contributed by atoms with van der Waals surface area (Å²) in [5.74, 6) is 0.276. The topological polar surface area (TPSA) is 98.7 Å². The number of amides is 2. The smallest absolute Gasteiger partial charge is 0.405 e. The fraction of sp³-hybridized carbons (Fsp3) is 0.818. The van der Waals surface area contributed by atoms with Gasteiger partial charge in [0, 0.05) is 19.1 Å². The number of hydrogen-bond donors (Lipinski definition) is 2. The van der Waals surface area contributed by atoms with Crippen molar-refractivity contribution in [1.82, 2.24) is 4.90 Å². The molecule has 4 N–H and O–H groups in total. The predicted molar refractivity (Wildman–Crippen MR) is 63.1 cm³/mol. The number of carbonyl (C=O) groups excluding carboxylic acids is 2. The lowest BCUT2D eigenvalue weighted by atomic mass is 9.91. The first-order valence-corrected chi connectivity index (χ1v) is 5.92. The molecule has 0 spiro atoms. The molecule has 1 aliphatic heterocycles. The zero-order valence-electron chi connectivity index (χ0n) is 10.4. The van der Waals surface area contributed by atoms with Crippen LogP contribution in [0.15, 0.2) is 0 Å². The second-order valence-corrected chi connectivity index (χ2v) is 4.60. The maximum Gasteiger partial charge on any atom is 0.405 e. The molecule has 1 unspecified atom stereocenters. The fourth-order valence-corrected chi connectivity index (χ4v) is 2.13. The molecular formula is C11H21N3O3. The van der Waals surface area contributed by atoms with Gasteiger partial charge in [0.15, 0.2) is 6.10 Å². The molecule has 0 saturated carbocycles. The SMILES string of the molecule is CC(N)C1CCN(C(=O)[C@H](C)OC(N)=O)CC1. The zero-order valence-corrected chi connectivity index (χ0v) is 10.4. The number of piperidine rings is 1. The molecule has 6 heteroatoms. The summed E-state index contributed by atoms with van der Waals surface area (Å²) < 4.78 is 4.66. The van der Waals surface area contributed by atoms with Crippen LogP contribution in [-0.4, -0.2) is 42.1 Å². The molecule has 0 aromatic heterocycles. The summed E-state index contributed by atoms with van der Waals surface area (Å²) in [5, 5.41) is 0. The van der Waals surface area contributed by atoms with Gasteiger partial charge < -0.3 is 21.1 Å². The van der Waals surface area contributed by atoms with E-state index in [0.29, 0.717) is 19.0 Å². The average molecular weight is 243 g/mol. The lowest BCUT2D eigenvalue weighted by molar-refractivity contribution is -0.140. The van der Waals surface area contributed by atoms with Gasteiger partial charge in [-0.3, -0.25) is 4.79 Å². The van der Waals surface area contributed by atoms with Crippen molar-refractivity contribution in [2.24, 2.45) is 17.4 Å². The molecule has 0 bridgehead atoms. The Kier molecular flexibility index (Phi) is 4.74. The van der Waals surface area contributed by atoms with Crippen LogP contribution < -0.4 is 11.5 Å². The number of carbonyl (C=O) groups is 2. The van der Waals surface area contributed by atoms with Gasteiger partial charge in [0.25, 0.3) is 5.91 Å². The van der Waals surface area contributed by atoms with Crippen LogP contribution in [0.2, 0.25) is 0 Å². The summed E-state index contributed by atoms with van der Waals surface area (Å²) in [6.07, 6.45) is 0.0648. The average Bonchev–Trinajstić information content (AvgIpc) is 2.27. The molecule has 98 valence electrons. The predicted octanol–water partition coefficient (Wildman–Crippen LogP) is 0.0560. The van der Waals surface area contributed by atoms with Crippen LogP contribution in [-0.2, 0) is 9.53 Å². The van der Waals surface area contributed by atoms with Crippen LogP contribution in [0.1, 0.15) is 26.7 Å². The van der Waals surface area contributed by atoms with Gasteiger partial charge in [-0.05, 0) is 32.6 Å². The van der Waals surface area contributed by atoms with Crippen LogP contribution in [0.4, 0.5) is 4.79 Å². The van der Waals surface area contributed by atoms with E-state index in [1.54, 1.807) is 4.90 Å². The molecule has 0 radical (unpaired) electrons. The summed E-state index contributed by atoms with van der Waals surface area (Å²) in [6.45, 7) is 4.85. The molecule has 0 aromatic rings. The van der Waals surface area contributed by atoms with Crippen LogP contribution >= 0.6 is 0 Å². The second kappa shape index (κ2) is 5.86. The van der Waals surface area contributed by atoms with Crippen LogP contribution in [0.25, 0.3) is 0 Å². The molecular weight excluding hydrogens is 222 g/mol. The first-order chi connectivity index (χ1) is 7.91. The fourth-order valence-electron chi connectivity index (χ4n) is 2.13. The van der Waals surface area contributed by atoms with Crippen LogP contribution in [0.3, 0.4) is 0 Å². The highest BCUT2D eigenvalue weighted by atomic mass is 16.6. The van der Waals surface area contributed by atoms with Crippen molar-refractivity contribution >= 4 is 12.0 Å². The standard InChI is InChI=1S/C11H21N3O3/c1-7(12)9-3-5-14(6-4-9)10(15)8(2)17-11(13)16/h7-9H,3-6,12H2,1-2H3,(H2,13,16)/t7?,8-/m0/s1. The normalized spacial score (nSPS) is 20.8. The van der Waals surface area contributed by atoms with Crippen molar-refractivity contribution in [2.45, 2.75) is 38.8 Å². The van der Waals surface area contributed by atoms with Crippen molar-refractivity contribution < 1.29 is 14.3 Å². The number of nitrogens with two attached hydrogens (primary N) is 2. The first kappa shape index (κ1) is 13.8. The van der Waals surface area contributed by atoms with Crippen LogP contribution in [0, 0.1) is 5.92 Å². The molecule has 1 fully saturated rings. The summed E-state index contributed by atoms with van der Waals surface area (Å²) in [7, 11) is 0. The minimum Gasteiger partial charge on any atom is -0.437 e. The molecule has 0 aromatic carbocycles. The molecule has 2 atom stereocenters. The van der Waals surface area contributed by atoms with Crippen molar-refractivity contribution in [3.05, 3.63) is 0 Å². The van der Waals surface area contributed by atoms with E-state index in [2.05, 4.69) is 4.74 Å². The Labute approximate surface area is 101 Å². The molecule has 1 heterocycles. The van der Waals surface area contributed by atoms with Gasteiger partial charge in [0.1, 0.15) is 0 Å². The number of rotatable bonds is 3. The lowest BCUT2D eigenvalue weighted by Gasteiger charge is -2.34. The summed E-state index contributed by atoms with van der Waals surface area (Å²) in [4.78, 5) is 24.1. The molecule has 1 rings (SSSR count). The van der Waals surface area contributed by atoms with E-state index in [9.17, 15) is 9.59 Å². The lowest BCUT2D eigenvalue weighted by Crippen LogP contribution is -2.46. The van der Waals surface area contributed by atoms with E-state index < -0.39 is 12.2 Å². The van der Waals surface area contributed by atoms with Gasteiger partial charge in [-0.1, -0.05) is 0 Å². The van der Waals surface area contributed by atoms with Crippen molar-refractivity contribution in [3.8, 4) is 0 Å². The van der Waals surface area contributed by atoms with Gasteiger partial charge in [-0.15, -0.1) is 0 Å². The van der Waals surface area contributed by atoms with E-state index in [1.165, 1.54) is 6.92 Å². The van der Waals surface area contributed by atoms with Crippen molar-refractivity contribution in [2.75, 3.05) is 13.1 Å². The van der Waals surface area contributed by atoms with Crippen molar-refractivity contribution in [1.29, 1.82) is 0 Å². The van der Waals surface area contributed by atoms with Crippen LogP contribution in [0.5, 0.6) is 0 Å². The van der Waals surface area contributed by atoms with Gasteiger partial charge in [-0.2, -0.15) is 0 Å². The summed E-state index contributed by atoms with van der Waals surface area (Å²) >= 11 is 0. The molecule has 2 amide bonds. The number of ether oxygens (including phenoxy) is 1. The minimum atomic E-state index is -0.920. The van der Waals surface area contributed by atoms with Crippen molar-refractivity contribution in [3.63, 3.8) is 0 Å². The molecule has 1 aliphatic rings. The summed E-state index contributed by atoms with van der Waals surface area (Å²) in [5.41, 5.74) is 10.7. The van der Waals surface area contributed by atoms with E-state index in [0.717, 1.165) is 12.8 Å². The summed E-state index contributed by atoms with van der Waals surface area (Å²) in [6, 6.07) is 0.159. The second-order valence-electron chi connectivity index (χ2n) is 4.60. The highest BCUT2D eigenvalue weighted by Gasteiger charge is 2.28. The Hall–Kier alpha value is -1.30.